The maximum absolute atomic E-state index is 8.94. The van der Waals surface area contributed by atoms with Crippen molar-refractivity contribution in [3.63, 3.8) is 0 Å². The van der Waals surface area contributed by atoms with Gasteiger partial charge in [0, 0.05) is 5.41 Å². The van der Waals surface area contributed by atoms with E-state index >= 15 is 0 Å². The lowest BCUT2D eigenvalue weighted by Crippen LogP contribution is -2.41. The maximum Gasteiger partial charge on any atom is 0.113 e. The van der Waals surface area contributed by atoms with Gasteiger partial charge < -0.3 is 14.6 Å². The van der Waals surface area contributed by atoms with E-state index in [1.54, 1.807) is 13.2 Å². The molecule has 1 atom stereocenters. The Hall–Kier alpha value is -0.540. The van der Waals surface area contributed by atoms with Crippen molar-refractivity contribution in [2.45, 2.75) is 32.8 Å². The summed E-state index contributed by atoms with van der Waals surface area (Å²) in [5, 5.41) is 8.94. The number of rotatable bonds is 6. The molecule has 0 amide bonds. The summed E-state index contributed by atoms with van der Waals surface area (Å²) >= 11 is 0. The van der Waals surface area contributed by atoms with Gasteiger partial charge >= 0.3 is 0 Å². The Morgan fingerprint density at radius 3 is 2.71 bits per heavy atom. The highest BCUT2D eigenvalue weighted by Gasteiger charge is 2.35. The van der Waals surface area contributed by atoms with Gasteiger partial charge in [-0.2, -0.15) is 0 Å². The van der Waals surface area contributed by atoms with Crippen LogP contribution in [-0.2, 0) is 9.47 Å². The second-order valence-electron chi connectivity index (χ2n) is 4.10. The standard InChI is InChI=1S/C11H20O3/c1-3-11(8-14-9-11)5-4-6-13-7-10(2)12/h4,6,10,12H,3,5,7-9H2,1-2H3. The predicted molar refractivity (Wildman–Crippen MR) is 54.9 cm³/mol. The fourth-order valence-electron chi connectivity index (χ4n) is 1.42. The van der Waals surface area contributed by atoms with Crippen LogP contribution in [0.5, 0.6) is 0 Å². The van der Waals surface area contributed by atoms with Crippen molar-refractivity contribution < 1.29 is 14.6 Å². The molecule has 1 rings (SSSR count). The van der Waals surface area contributed by atoms with Crippen molar-refractivity contribution in [3.05, 3.63) is 12.3 Å². The Labute approximate surface area is 85.7 Å². The van der Waals surface area contributed by atoms with E-state index in [1.807, 2.05) is 6.08 Å². The Morgan fingerprint density at radius 2 is 2.29 bits per heavy atom. The summed E-state index contributed by atoms with van der Waals surface area (Å²) in [5.74, 6) is 0. The molecule has 1 aliphatic rings. The van der Waals surface area contributed by atoms with Crippen LogP contribution >= 0.6 is 0 Å². The van der Waals surface area contributed by atoms with Gasteiger partial charge in [-0.25, -0.2) is 0 Å². The van der Waals surface area contributed by atoms with E-state index in [1.165, 1.54) is 0 Å². The topological polar surface area (TPSA) is 38.7 Å². The summed E-state index contributed by atoms with van der Waals surface area (Å²) in [4.78, 5) is 0. The van der Waals surface area contributed by atoms with E-state index in [0.717, 1.165) is 26.1 Å². The van der Waals surface area contributed by atoms with Crippen LogP contribution in [0.2, 0.25) is 0 Å². The van der Waals surface area contributed by atoms with Crippen LogP contribution in [0.1, 0.15) is 26.7 Å². The zero-order valence-electron chi connectivity index (χ0n) is 9.03. The molecule has 0 aromatic heterocycles. The summed E-state index contributed by atoms with van der Waals surface area (Å²) in [6.45, 7) is 5.99. The van der Waals surface area contributed by atoms with Crippen molar-refractivity contribution in [1.29, 1.82) is 0 Å². The predicted octanol–water partition coefficient (Wildman–Crippen LogP) is 1.71. The van der Waals surface area contributed by atoms with Crippen molar-refractivity contribution in [2.24, 2.45) is 5.41 Å². The van der Waals surface area contributed by atoms with Crippen LogP contribution in [0.4, 0.5) is 0 Å². The molecular formula is C11H20O3. The molecule has 82 valence electrons. The Kier molecular flexibility index (Phi) is 4.42. The van der Waals surface area contributed by atoms with Crippen LogP contribution in [0.3, 0.4) is 0 Å². The zero-order valence-corrected chi connectivity index (χ0v) is 9.03. The van der Waals surface area contributed by atoms with Gasteiger partial charge in [-0.05, 0) is 25.8 Å². The lowest BCUT2D eigenvalue weighted by molar-refractivity contribution is -0.113. The van der Waals surface area contributed by atoms with Crippen LogP contribution < -0.4 is 0 Å². The maximum atomic E-state index is 8.94. The number of hydrogen-bond acceptors (Lipinski definition) is 3. The molecule has 1 unspecified atom stereocenters. The van der Waals surface area contributed by atoms with Crippen LogP contribution in [0.25, 0.3) is 0 Å². The van der Waals surface area contributed by atoms with Crippen LogP contribution in [-0.4, -0.2) is 31.0 Å². The third kappa shape index (κ3) is 3.31. The minimum absolute atomic E-state index is 0.352. The molecule has 1 N–H and O–H groups in total. The second-order valence-corrected chi connectivity index (χ2v) is 4.10. The van der Waals surface area contributed by atoms with Crippen molar-refractivity contribution in [1.82, 2.24) is 0 Å². The first kappa shape index (κ1) is 11.5. The van der Waals surface area contributed by atoms with E-state index < -0.39 is 6.10 Å². The van der Waals surface area contributed by atoms with Crippen LogP contribution in [0, 0.1) is 5.41 Å². The highest BCUT2D eigenvalue weighted by atomic mass is 16.5. The third-order valence-corrected chi connectivity index (χ3v) is 2.65. The SMILES string of the molecule is CCC1(CC=COCC(C)O)COC1. The van der Waals surface area contributed by atoms with E-state index in [2.05, 4.69) is 6.92 Å². The van der Waals surface area contributed by atoms with Gasteiger partial charge in [0.1, 0.15) is 6.61 Å². The van der Waals surface area contributed by atoms with Gasteiger partial charge in [-0.1, -0.05) is 6.92 Å². The van der Waals surface area contributed by atoms with Crippen LogP contribution in [0.15, 0.2) is 12.3 Å². The average Bonchev–Trinajstić information content (AvgIpc) is 2.08. The highest BCUT2D eigenvalue weighted by Crippen LogP contribution is 2.35. The Morgan fingerprint density at radius 1 is 1.57 bits per heavy atom. The number of allylic oxidation sites excluding steroid dienone is 1. The molecule has 3 nitrogen and oxygen atoms in total. The Balaban J connectivity index is 2.12. The number of hydrogen-bond donors (Lipinski definition) is 1. The first-order valence-corrected chi connectivity index (χ1v) is 5.21. The summed E-state index contributed by atoms with van der Waals surface area (Å²) in [7, 11) is 0. The van der Waals surface area contributed by atoms with Gasteiger partial charge in [-0.3, -0.25) is 0 Å². The molecular weight excluding hydrogens is 180 g/mol. The lowest BCUT2D eigenvalue weighted by atomic mass is 9.80. The summed E-state index contributed by atoms with van der Waals surface area (Å²) in [5.41, 5.74) is 0.352. The average molecular weight is 200 g/mol. The molecule has 0 aromatic carbocycles. The third-order valence-electron chi connectivity index (χ3n) is 2.65. The molecule has 3 heteroatoms. The summed E-state index contributed by atoms with van der Waals surface area (Å²) < 4.78 is 10.3. The van der Waals surface area contributed by atoms with E-state index in [-0.39, 0.29) is 0 Å². The van der Waals surface area contributed by atoms with E-state index in [9.17, 15) is 0 Å². The van der Waals surface area contributed by atoms with Gasteiger partial charge in [0.25, 0.3) is 0 Å². The van der Waals surface area contributed by atoms with Gasteiger partial charge in [0.05, 0.1) is 25.6 Å². The first-order valence-electron chi connectivity index (χ1n) is 5.21. The summed E-state index contributed by atoms with van der Waals surface area (Å²) in [6, 6.07) is 0. The van der Waals surface area contributed by atoms with Gasteiger partial charge in [0.15, 0.2) is 0 Å². The van der Waals surface area contributed by atoms with Crippen molar-refractivity contribution >= 4 is 0 Å². The minimum Gasteiger partial charge on any atom is -0.499 e. The molecule has 1 aliphatic heterocycles. The first-order chi connectivity index (χ1) is 6.68. The van der Waals surface area contributed by atoms with Gasteiger partial charge in [0.2, 0.25) is 0 Å². The van der Waals surface area contributed by atoms with E-state index in [0.29, 0.717) is 12.0 Å². The smallest absolute Gasteiger partial charge is 0.113 e. The number of ether oxygens (including phenoxy) is 2. The minimum atomic E-state index is -0.396. The molecule has 1 heterocycles. The number of aliphatic hydroxyl groups excluding tert-OH is 1. The highest BCUT2D eigenvalue weighted by molar-refractivity contribution is 4.92. The molecule has 1 fully saturated rings. The summed E-state index contributed by atoms with van der Waals surface area (Å²) in [6.07, 6.45) is 5.46. The Bertz CT molecular complexity index is 177. The lowest BCUT2D eigenvalue weighted by Gasteiger charge is -2.40. The molecule has 0 radical (unpaired) electrons. The largest absolute Gasteiger partial charge is 0.499 e. The quantitative estimate of drug-likeness (QED) is 0.663. The monoisotopic (exact) mass is 200 g/mol. The molecule has 14 heavy (non-hydrogen) atoms. The van der Waals surface area contributed by atoms with E-state index in [4.69, 9.17) is 14.6 Å². The second kappa shape index (κ2) is 5.37. The van der Waals surface area contributed by atoms with Crippen molar-refractivity contribution in [2.75, 3.05) is 19.8 Å². The molecule has 1 saturated heterocycles. The number of aliphatic hydroxyl groups is 1. The fourth-order valence-corrected chi connectivity index (χ4v) is 1.42. The molecule has 0 aliphatic carbocycles. The molecule has 0 bridgehead atoms. The zero-order chi connectivity index (χ0) is 10.4. The molecule has 0 aromatic rings. The normalized spacial score (nSPS) is 21.9. The van der Waals surface area contributed by atoms with Gasteiger partial charge in [-0.15, -0.1) is 0 Å². The van der Waals surface area contributed by atoms with Crippen molar-refractivity contribution in [3.8, 4) is 0 Å². The fraction of sp³-hybridized carbons (Fsp3) is 0.818. The molecule has 0 spiro atoms. The molecule has 0 saturated carbocycles.